The van der Waals surface area contributed by atoms with E-state index in [4.69, 9.17) is 29.2 Å². The van der Waals surface area contributed by atoms with Crippen molar-refractivity contribution in [2.75, 3.05) is 79.0 Å². The third kappa shape index (κ3) is 31.2. The van der Waals surface area contributed by atoms with Crippen LogP contribution in [0.1, 0.15) is 126 Å². The van der Waals surface area contributed by atoms with E-state index in [1.165, 1.54) is 12.8 Å². The number of benzene rings is 2. The van der Waals surface area contributed by atoms with Crippen LogP contribution in [0.15, 0.2) is 72.4 Å². The molecule has 2 aromatic carbocycles. The maximum Gasteiger partial charge on any atom is 0.317 e. The third-order valence-corrected chi connectivity index (χ3v) is 10.5. The van der Waals surface area contributed by atoms with Crippen LogP contribution in [0.2, 0.25) is 0 Å². The van der Waals surface area contributed by atoms with E-state index in [-0.39, 0.29) is 41.5 Å². The number of likely N-dealkylation sites (N-methyl/N-ethyl adjacent to an activating group) is 2. The molecule has 0 aliphatic carbocycles. The van der Waals surface area contributed by atoms with Crippen LogP contribution in [-0.4, -0.2) is 139 Å². The molecule has 0 bridgehead atoms. The van der Waals surface area contributed by atoms with E-state index in [1.54, 1.807) is 27.7 Å². The predicted octanol–water partition coefficient (Wildman–Crippen LogP) is 7.12. The second-order valence-corrected chi connectivity index (χ2v) is 18.0. The molecule has 4 aliphatic rings. The van der Waals surface area contributed by atoms with Gasteiger partial charge in [0, 0.05) is 17.8 Å². The van der Waals surface area contributed by atoms with Gasteiger partial charge in [0.05, 0.1) is 86.6 Å². The molecular weight excluding hydrogens is 923 g/mol. The first kappa shape index (κ1) is 68.1. The van der Waals surface area contributed by atoms with Crippen molar-refractivity contribution in [1.82, 2.24) is 16.0 Å². The maximum absolute atomic E-state index is 11.2. The number of hydrogen-bond acceptors (Lipinski definition) is 16. The normalized spacial score (nSPS) is 15.9. The van der Waals surface area contributed by atoms with Gasteiger partial charge in [0.25, 0.3) is 0 Å². The van der Waals surface area contributed by atoms with Crippen molar-refractivity contribution in [2.24, 2.45) is 0 Å². The van der Waals surface area contributed by atoms with Gasteiger partial charge in [-0.05, 0) is 64.8 Å². The number of carboxylic acid groups (broad SMARTS) is 2. The molecule has 0 radical (unpaired) electrons. The summed E-state index contributed by atoms with van der Waals surface area (Å²) in [5, 5.41) is 54.9. The zero-order chi connectivity index (χ0) is 54.6. The zero-order valence-electron chi connectivity index (χ0n) is 44.5. The molecule has 0 amide bonds. The summed E-state index contributed by atoms with van der Waals surface area (Å²) in [6, 6.07) is 19.4. The first-order valence-electron chi connectivity index (χ1n) is 24.3. The van der Waals surface area contributed by atoms with Gasteiger partial charge in [0.1, 0.15) is 11.1 Å². The number of esters is 1. The number of hydrogen-bond donors (Lipinski definition) is 6. The van der Waals surface area contributed by atoms with Gasteiger partial charge in [-0.1, -0.05) is 122 Å². The van der Waals surface area contributed by atoms with Gasteiger partial charge in [-0.15, -0.1) is 0 Å². The molecule has 406 valence electrons. The highest BCUT2D eigenvalue weighted by molar-refractivity contribution is 5.69. The van der Waals surface area contributed by atoms with Gasteiger partial charge in [0.15, 0.2) is 0 Å². The van der Waals surface area contributed by atoms with Gasteiger partial charge in [0.2, 0.25) is 12.7 Å². The van der Waals surface area contributed by atoms with E-state index in [0.717, 1.165) is 55.6 Å². The van der Waals surface area contributed by atoms with Crippen LogP contribution in [0.3, 0.4) is 0 Å². The number of carbonyl (C=O) groups is 3. The summed E-state index contributed by atoms with van der Waals surface area (Å²) < 4.78 is 25.0. The van der Waals surface area contributed by atoms with Gasteiger partial charge >= 0.3 is 17.9 Å². The monoisotopic (exact) mass is 1010 g/mol. The van der Waals surface area contributed by atoms with Crippen LogP contribution in [0.5, 0.6) is 0 Å². The summed E-state index contributed by atoms with van der Waals surface area (Å²) >= 11 is 0. The van der Waals surface area contributed by atoms with Gasteiger partial charge in [-0.3, -0.25) is 39.9 Å². The van der Waals surface area contributed by atoms with Crippen LogP contribution in [0.4, 0.5) is 0 Å². The van der Waals surface area contributed by atoms with Crippen molar-refractivity contribution in [3.8, 4) is 0 Å². The number of nitrogens with one attached hydrogen (secondary N) is 3. The van der Waals surface area contributed by atoms with Crippen LogP contribution in [0.25, 0.3) is 0 Å². The first-order valence-corrected chi connectivity index (χ1v) is 24.3. The SMILES string of the molecule is CC(C)(O)c1ccccc1.CCC.CCC(=O)O.CCC(=O)OC(C)(C)c1ccccc1.CCC1(NCC(=O)O)COC1.CCNC1(CC)COC1.CCNC1(C[N+](=O)[O-])COC1.O=[N+]([O-])C=C1COC1. The molecule has 4 heterocycles. The lowest BCUT2D eigenvalue weighted by molar-refractivity contribution is -0.498. The Morgan fingerprint density at radius 1 is 0.648 bits per heavy atom. The molecule has 0 atom stereocenters. The molecule has 6 rings (SSSR count). The Morgan fingerprint density at radius 3 is 1.27 bits per heavy atom. The fraction of sp³-hybridized carbons (Fsp3) is 0.667. The smallest absolute Gasteiger partial charge is 0.317 e. The van der Waals surface area contributed by atoms with E-state index in [0.29, 0.717) is 51.6 Å². The van der Waals surface area contributed by atoms with Crippen molar-refractivity contribution < 1.29 is 63.2 Å². The van der Waals surface area contributed by atoms with Crippen LogP contribution >= 0.6 is 0 Å². The molecule has 2 aromatic rings. The summed E-state index contributed by atoms with van der Waals surface area (Å²) in [6.07, 6.45) is 4.97. The molecule has 20 nitrogen and oxygen atoms in total. The van der Waals surface area contributed by atoms with Gasteiger partial charge < -0.3 is 49.6 Å². The molecule has 6 N–H and O–H groups in total. The summed E-state index contributed by atoms with van der Waals surface area (Å²) in [7, 11) is 0. The second-order valence-electron chi connectivity index (χ2n) is 18.0. The molecule has 4 aliphatic heterocycles. The fourth-order valence-corrected chi connectivity index (χ4v) is 5.96. The minimum atomic E-state index is -0.815. The van der Waals surface area contributed by atoms with Crippen molar-refractivity contribution >= 4 is 17.9 Å². The number of carboxylic acids is 2. The van der Waals surface area contributed by atoms with Crippen molar-refractivity contribution in [3.05, 3.63) is 104 Å². The molecule has 4 fully saturated rings. The van der Waals surface area contributed by atoms with E-state index in [2.05, 4.69) is 48.4 Å². The lowest BCUT2D eigenvalue weighted by Crippen LogP contribution is -2.64. The molecule has 0 saturated carbocycles. The number of ether oxygens (including phenoxy) is 5. The summed E-state index contributed by atoms with van der Waals surface area (Å²) in [4.78, 5) is 49.9. The van der Waals surface area contributed by atoms with E-state index >= 15 is 0 Å². The number of nitrogens with zero attached hydrogens (tertiary/aromatic N) is 2. The van der Waals surface area contributed by atoms with E-state index < -0.39 is 28.1 Å². The Kier molecular flexibility index (Phi) is 35.4. The molecular formula is C51H87N5O15. The van der Waals surface area contributed by atoms with E-state index in [9.17, 15) is 39.7 Å². The molecule has 0 unspecified atom stereocenters. The average Bonchev–Trinajstić information content (AvgIpc) is 3.27. The summed E-state index contributed by atoms with van der Waals surface area (Å²) in [6.45, 7) is 29.9. The molecule has 71 heavy (non-hydrogen) atoms. The van der Waals surface area contributed by atoms with Crippen molar-refractivity contribution in [1.29, 1.82) is 0 Å². The summed E-state index contributed by atoms with van der Waals surface area (Å²) in [5.41, 5.74) is 1.40. The number of aliphatic carboxylic acids is 2. The number of aliphatic hydroxyl groups is 1. The Balaban J connectivity index is 0. The lowest BCUT2D eigenvalue weighted by atomic mass is 9.94. The average molecular weight is 1010 g/mol. The predicted molar refractivity (Wildman–Crippen MR) is 273 cm³/mol. The van der Waals surface area contributed by atoms with Crippen LogP contribution < -0.4 is 16.0 Å². The zero-order valence-corrected chi connectivity index (χ0v) is 44.5. The quantitative estimate of drug-likeness (QED) is 0.0522. The Bertz CT molecular complexity index is 1780. The first-order chi connectivity index (χ1) is 33.3. The molecule has 20 heteroatoms. The number of rotatable bonds is 17. The topological polar surface area (TPSA) is 280 Å². The minimum absolute atomic E-state index is 0.0250. The van der Waals surface area contributed by atoms with Gasteiger partial charge in [-0.2, -0.15) is 0 Å². The number of carbonyl (C=O) groups excluding carboxylic acids is 1. The highest BCUT2D eigenvalue weighted by Crippen LogP contribution is 2.25. The highest BCUT2D eigenvalue weighted by atomic mass is 16.6. The lowest BCUT2D eigenvalue weighted by Gasteiger charge is -2.41. The second kappa shape index (κ2) is 36.9. The molecule has 0 spiro atoms. The van der Waals surface area contributed by atoms with Crippen LogP contribution in [0, 0.1) is 20.2 Å². The molecule has 4 saturated heterocycles. The summed E-state index contributed by atoms with van der Waals surface area (Å²) in [5.74, 6) is -1.73. The number of nitro groups is 2. The molecule has 0 aromatic heterocycles. The van der Waals surface area contributed by atoms with E-state index in [1.807, 2.05) is 88.4 Å². The van der Waals surface area contributed by atoms with Crippen molar-refractivity contribution in [2.45, 2.75) is 143 Å². The van der Waals surface area contributed by atoms with Gasteiger partial charge in [-0.25, -0.2) is 0 Å². The highest BCUT2D eigenvalue weighted by Gasteiger charge is 2.42. The van der Waals surface area contributed by atoms with Crippen LogP contribution in [-0.2, 0) is 49.3 Å². The Labute approximate surface area is 421 Å². The van der Waals surface area contributed by atoms with Crippen molar-refractivity contribution in [3.63, 3.8) is 0 Å². The largest absolute Gasteiger partial charge is 0.481 e. The minimum Gasteiger partial charge on any atom is -0.481 e. The third-order valence-electron chi connectivity index (χ3n) is 10.5. The maximum atomic E-state index is 11.2. The fourth-order valence-electron chi connectivity index (χ4n) is 5.96. The Hall–Kier alpha value is -4.93. The Morgan fingerprint density at radius 2 is 1.04 bits per heavy atom. The standard InChI is InChI=1S/C12H16O2.C9H12O.C7H13NO3.C7H15NO.C6H12N2O3.C4H5NO3.C3H6O2.C3H8/c1-4-11(13)14-12(2,3)10-8-6-5-7-9-10;1-9(2,10)8-6-4-3-5-7-8;1-2-7(4-11-5-7)8-3-6(9)10;1-3-7(8-4-2)5-9-6-7;1-2-7-6(3-8(9)10)4-11-5-6;6-5(7)1-4-2-8-3-4;1-2-3(4)5;1-3-2/h5-9H,4H2,1-3H3;3-7,10H,1-2H3;8H,2-5H2,1H3,(H,9,10);8H,3-6H2,1-2H3;7H,2-5H2,1H3;1H,2-3H2;2H2,1H3,(H,4,5);3H2,1-2H3.